The van der Waals surface area contributed by atoms with Gasteiger partial charge in [0.15, 0.2) is 0 Å². The third-order valence-electron chi connectivity index (χ3n) is 8.69. The molecule has 2 aliphatic carbocycles. The zero-order valence-electron chi connectivity index (χ0n) is 25.3. The number of nitrogens with one attached hydrogen (secondary N) is 5. The van der Waals surface area contributed by atoms with E-state index in [-0.39, 0.29) is 35.9 Å². The normalized spacial score (nSPS) is 21.1. The summed E-state index contributed by atoms with van der Waals surface area (Å²) in [7, 11) is 0. The van der Waals surface area contributed by atoms with Crippen molar-refractivity contribution in [3.8, 4) is 0 Å². The molecular formula is C32H44N6O6. The van der Waals surface area contributed by atoms with E-state index in [1.54, 1.807) is 35.2 Å². The summed E-state index contributed by atoms with van der Waals surface area (Å²) >= 11 is 0. The summed E-state index contributed by atoms with van der Waals surface area (Å²) in [6, 6.07) is 10.4. The summed E-state index contributed by atoms with van der Waals surface area (Å²) in [5.74, 6) is -1.00. The van der Waals surface area contributed by atoms with Gasteiger partial charge in [-0.3, -0.25) is 29.6 Å². The van der Waals surface area contributed by atoms with Crippen LogP contribution in [0.3, 0.4) is 0 Å². The van der Waals surface area contributed by atoms with Crippen molar-refractivity contribution in [2.75, 3.05) is 6.54 Å². The first-order chi connectivity index (χ1) is 21.1. The molecule has 44 heavy (non-hydrogen) atoms. The van der Waals surface area contributed by atoms with Gasteiger partial charge in [0, 0.05) is 23.2 Å². The number of hydrogen-bond donors (Lipinski definition) is 8. The fourth-order valence-electron chi connectivity index (χ4n) is 5.98. The van der Waals surface area contributed by atoms with Crippen molar-refractivity contribution in [2.24, 2.45) is 11.7 Å². The molecule has 4 amide bonds. The van der Waals surface area contributed by atoms with Crippen LogP contribution in [0, 0.1) is 5.92 Å². The highest BCUT2D eigenvalue weighted by Gasteiger charge is 2.27. The summed E-state index contributed by atoms with van der Waals surface area (Å²) in [5.41, 5.74) is 14.5. The second-order valence-electron chi connectivity index (χ2n) is 12.2. The van der Waals surface area contributed by atoms with Crippen LogP contribution in [0.4, 0.5) is 0 Å². The van der Waals surface area contributed by atoms with Crippen LogP contribution in [0.2, 0.25) is 0 Å². The molecule has 1 saturated heterocycles. The summed E-state index contributed by atoms with van der Waals surface area (Å²) in [4.78, 5) is 47.2. The van der Waals surface area contributed by atoms with E-state index in [1.807, 2.05) is 26.0 Å². The predicted molar refractivity (Wildman–Crippen MR) is 163 cm³/mol. The van der Waals surface area contributed by atoms with Gasteiger partial charge in [0.2, 0.25) is 11.8 Å². The Morgan fingerprint density at radius 2 is 1.32 bits per heavy atom. The van der Waals surface area contributed by atoms with Crippen LogP contribution >= 0.6 is 0 Å². The summed E-state index contributed by atoms with van der Waals surface area (Å²) < 4.78 is 0. The van der Waals surface area contributed by atoms with Crippen molar-refractivity contribution in [3.05, 3.63) is 69.8 Å². The van der Waals surface area contributed by atoms with E-state index in [2.05, 4.69) is 16.0 Å². The van der Waals surface area contributed by atoms with Gasteiger partial charge in [-0.05, 0) is 110 Å². The van der Waals surface area contributed by atoms with Gasteiger partial charge in [-0.2, -0.15) is 0 Å². The molecule has 1 fully saturated rings. The quantitative estimate of drug-likeness (QED) is 0.170. The molecule has 0 aromatic heterocycles. The average molecular weight is 609 g/mol. The molecule has 3 unspecified atom stereocenters. The number of aryl methyl sites for hydroxylation is 2. The number of hydroxylamine groups is 2. The Hall–Kier alpha value is -3.84. The first-order valence-electron chi connectivity index (χ1n) is 15.3. The minimum absolute atomic E-state index is 0.0252. The standard InChI is InChI=1S/C16H21N3O3.C16H23N3O3/c20-15(19-22)11-4-3-10-5-6-13(9-12(10)8-11)18-16(21)14-2-1-7-17-14;1-9(2)14(17)16(21)18-13-6-5-10-3-4-11(15(20)19-22)7-12(10)8-13/h3-4,8,13-14,17,22H,1-2,5-7,9H2,(H,18,21)(H,19,20);3-4,7,9,13-14,22H,5-6,8,17H2,1-2H3,(H,18,21)(H,19,20)/t;13?,14-/m.0/s1. The SMILES string of the molecule is CC(C)[C@H](N)C(=O)NC1CCc2ccc(C(=O)NO)cc2C1.O=C(NO)c1ccc2c(c1)CC(NC(=O)C1CCCN1)CC2. The number of amides is 4. The first-order valence-corrected chi connectivity index (χ1v) is 15.3. The number of carbonyl (C=O) groups is 4. The van der Waals surface area contributed by atoms with Gasteiger partial charge in [0.25, 0.3) is 11.8 Å². The average Bonchev–Trinajstić information content (AvgIpc) is 3.58. The molecule has 0 bridgehead atoms. The zero-order valence-corrected chi connectivity index (χ0v) is 25.3. The van der Waals surface area contributed by atoms with Crippen molar-refractivity contribution in [3.63, 3.8) is 0 Å². The van der Waals surface area contributed by atoms with E-state index in [1.165, 1.54) is 11.1 Å². The van der Waals surface area contributed by atoms with E-state index in [9.17, 15) is 19.2 Å². The molecule has 2 aromatic rings. The maximum Gasteiger partial charge on any atom is 0.274 e. The maximum absolute atomic E-state index is 12.2. The van der Waals surface area contributed by atoms with E-state index in [0.29, 0.717) is 17.5 Å². The van der Waals surface area contributed by atoms with Gasteiger partial charge in [0.05, 0.1) is 12.1 Å². The molecule has 9 N–H and O–H groups in total. The molecule has 1 heterocycles. The monoisotopic (exact) mass is 608 g/mol. The molecule has 12 heteroatoms. The molecule has 1 aliphatic heterocycles. The lowest BCUT2D eigenvalue weighted by molar-refractivity contribution is -0.124. The summed E-state index contributed by atoms with van der Waals surface area (Å²) in [6.45, 7) is 4.74. The summed E-state index contributed by atoms with van der Waals surface area (Å²) in [5, 5.41) is 26.7. The fourth-order valence-corrected chi connectivity index (χ4v) is 5.98. The second-order valence-corrected chi connectivity index (χ2v) is 12.2. The van der Waals surface area contributed by atoms with Crippen molar-refractivity contribution in [1.82, 2.24) is 26.9 Å². The maximum atomic E-state index is 12.2. The summed E-state index contributed by atoms with van der Waals surface area (Å²) in [6.07, 6.45) is 6.84. The Morgan fingerprint density at radius 1 is 0.795 bits per heavy atom. The van der Waals surface area contributed by atoms with E-state index >= 15 is 0 Å². The Kier molecular flexibility index (Phi) is 11.5. The van der Waals surface area contributed by atoms with Crippen molar-refractivity contribution < 1.29 is 29.6 Å². The molecule has 0 spiro atoms. The highest BCUT2D eigenvalue weighted by Crippen LogP contribution is 2.24. The molecule has 0 radical (unpaired) electrons. The molecule has 238 valence electrons. The van der Waals surface area contributed by atoms with Crippen LogP contribution < -0.4 is 32.6 Å². The van der Waals surface area contributed by atoms with Gasteiger partial charge in [-0.1, -0.05) is 26.0 Å². The molecule has 3 aliphatic rings. The molecule has 5 rings (SSSR count). The lowest BCUT2D eigenvalue weighted by Gasteiger charge is -2.27. The molecule has 0 saturated carbocycles. The number of carbonyl (C=O) groups excluding carboxylic acids is 4. The predicted octanol–water partition coefficient (Wildman–Crippen LogP) is 1.29. The highest BCUT2D eigenvalue weighted by atomic mass is 16.5. The van der Waals surface area contributed by atoms with Crippen molar-refractivity contribution >= 4 is 23.6 Å². The number of hydrogen-bond acceptors (Lipinski definition) is 8. The van der Waals surface area contributed by atoms with Crippen LogP contribution in [-0.2, 0) is 35.3 Å². The van der Waals surface area contributed by atoms with E-state index in [4.69, 9.17) is 16.1 Å². The second kappa shape index (κ2) is 15.2. The lowest BCUT2D eigenvalue weighted by atomic mass is 9.87. The number of rotatable bonds is 7. The lowest BCUT2D eigenvalue weighted by Crippen LogP contribution is -2.49. The van der Waals surface area contributed by atoms with Crippen molar-refractivity contribution in [2.45, 2.75) is 89.4 Å². The molecule has 12 nitrogen and oxygen atoms in total. The highest BCUT2D eigenvalue weighted by molar-refractivity contribution is 5.94. The minimum atomic E-state index is -0.532. The smallest absolute Gasteiger partial charge is 0.274 e. The van der Waals surface area contributed by atoms with E-state index in [0.717, 1.165) is 62.6 Å². The Bertz CT molecular complexity index is 1270. The number of nitrogens with two attached hydrogens (primary N) is 1. The van der Waals surface area contributed by atoms with Crippen molar-refractivity contribution in [1.29, 1.82) is 0 Å². The molecule has 2 aromatic carbocycles. The van der Waals surface area contributed by atoms with Crippen LogP contribution in [0.15, 0.2) is 36.4 Å². The Balaban J connectivity index is 0.000000201. The number of benzene rings is 2. The molecule has 4 atom stereocenters. The van der Waals surface area contributed by atoms with E-state index < -0.39 is 17.9 Å². The third-order valence-corrected chi connectivity index (χ3v) is 8.69. The minimum Gasteiger partial charge on any atom is -0.352 e. The van der Waals surface area contributed by atoms with Gasteiger partial charge in [-0.15, -0.1) is 0 Å². The van der Waals surface area contributed by atoms with Gasteiger partial charge >= 0.3 is 0 Å². The van der Waals surface area contributed by atoms with Crippen LogP contribution in [-0.4, -0.2) is 64.8 Å². The van der Waals surface area contributed by atoms with Gasteiger partial charge in [0.1, 0.15) is 0 Å². The van der Waals surface area contributed by atoms with Crippen LogP contribution in [0.5, 0.6) is 0 Å². The Labute approximate surface area is 257 Å². The zero-order chi connectivity index (χ0) is 31.8. The fraction of sp³-hybridized carbons (Fsp3) is 0.500. The molecular weight excluding hydrogens is 564 g/mol. The largest absolute Gasteiger partial charge is 0.352 e. The Morgan fingerprint density at radius 3 is 1.77 bits per heavy atom. The number of fused-ring (bicyclic) bond motifs is 2. The van der Waals surface area contributed by atoms with Gasteiger partial charge in [-0.25, -0.2) is 11.0 Å². The third kappa shape index (κ3) is 8.41. The first kappa shape index (κ1) is 33.1. The van der Waals surface area contributed by atoms with Crippen LogP contribution in [0.25, 0.3) is 0 Å². The topological polar surface area (TPSA) is 195 Å². The van der Waals surface area contributed by atoms with Gasteiger partial charge < -0.3 is 21.7 Å². The van der Waals surface area contributed by atoms with Crippen LogP contribution in [0.1, 0.15) is 82.5 Å².